The molecule has 0 amide bonds. The Bertz CT molecular complexity index is 692. The lowest BCUT2D eigenvalue weighted by atomic mass is 9.48. The number of carbonyl (C=O) groups is 3. The first kappa shape index (κ1) is 15.9. The zero-order valence-electron chi connectivity index (χ0n) is 13.8. The minimum Gasteiger partial charge on any atom is -0.469 e. The summed E-state index contributed by atoms with van der Waals surface area (Å²) in [6.07, 6.45) is 2.70. The van der Waals surface area contributed by atoms with Crippen molar-refractivity contribution in [2.24, 2.45) is 11.3 Å². The number of methoxy groups -OCH3 is 1. The zero-order valence-corrected chi connectivity index (χ0v) is 13.8. The molecule has 0 N–H and O–H groups in total. The van der Waals surface area contributed by atoms with Crippen LogP contribution in [0.3, 0.4) is 0 Å². The van der Waals surface area contributed by atoms with Gasteiger partial charge in [-0.25, -0.2) is 0 Å². The van der Waals surface area contributed by atoms with Gasteiger partial charge in [-0.05, 0) is 23.8 Å². The van der Waals surface area contributed by atoms with Crippen molar-refractivity contribution in [2.75, 3.05) is 7.11 Å². The van der Waals surface area contributed by atoms with Crippen LogP contribution in [0.2, 0.25) is 0 Å². The first-order chi connectivity index (χ1) is 10.8. The first-order valence-electron chi connectivity index (χ1n) is 8.08. The third-order valence-electron chi connectivity index (χ3n) is 5.83. The summed E-state index contributed by atoms with van der Waals surface area (Å²) in [4.78, 5) is 37.4. The van der Waals surface area contributed by atoms with Gasteiger partial charge in [0.05, 0.1) is 13.5 Å². The monoisotopic (exact) mass is 314 g/mol. The van der Waals surface area contributed by atoms with Crippen LogP contribution in [-0.2, 0) is 19.7 Å². The van der Waals surface area contributed by atoms with E-state index in [1.54, 1.807) is 12.1 Å². The molecule has 4 nitrogen and oxygen atoms in total. The molecule has 1 aromatic carbocycles. The van der Waals surface area contributed by atoms with E-state index in [0.717, 1.165) is 24.8 Å². The second-order valence-corrected chi connectivity index (χ2v) is 7.35. The highest BCUT2D eigenvalue weighted by molar-refractivity contribution is 6.46. The largest absolute Gasteiger partial charge is 0.469 e. The molecule has 0 aromatic heterocycles. The number of fused-ring (bicyclic) bond motifs is 3. The Balaban J connectivity index is 2.15. The van der Waals surface area contributed by atoms with Gasteiger partial charge in [0.15, 0.2) is 0 Å². The lowest BCUT2D eigenvalue weighted by Gasteiger charge is -2.53. The van der Waals surface area contributed by atoms with Crippen molar-refractivity contribution in [1.29, 1.82) is 0 Å². The summed E-state index contributed by atoms with van der Waals surface area (Å²) in [5.41, 5.74) is 0.534. The van der Waals surface area contributed by atoms with Gasteiger partial charge in [-0.1, -0.05) is 44.5 Å². The number of carbonyl (C=O) groups excluding carboxylic acids is 3. The molecule has 0 radical (unpaired) electrons. The smallest absolute Gasteiger partial charge is 0.306 e. The quantitative estimate of drug-likeness (QED) is 0.622. The fourth-order valence-electron chi connectivity index (χ4n) is 4.85. The van der Waals surface area contributed by atoms with Gasteiger partial charge >= 0.3 is 5.97 Å². The van der Waals surface area contributed by atoms with Crippen LogP contribution in [0.25, 0.3) is 0 Å². The number of ketones is 2. The van der Waals surface area contributed by atoms with Gasteiger partial charge in [-0.15, -0.1) is 0 Å². The molecule has 3 rings (SSSR count). The molecule has 0 saturated heterocycles. The van der Waals surface area contributed by atoms with E-state index in [0.29, 0.717) is 5.56 Å². The average Bonchev–Trinajstić information content (AvgIpc) is 2.52. The fourth-order valence-corrected chi connectivity index (χ4v) is 4.85. The molecule has 0 unspecified atom stereocenters. The predicted octanol–water partition coefficient (Wildman–Crippen LogP) is 3.08. The minimum atomic E-state index is -0.541. The van der Waals surface area contributed by atoms with Gasteiger partial charge in [0, 0.05) is 16.9 Å². The number of hydrogen-bond acceptors (Lipinski definition) is 4. The Hall–Kier alpha value is -1.97. The Kier molecular flexibility index (Phi) is 3.66. The third kappa shape index (κ3) is 2.23. The van der Waals surface area contributed by atoms with Crippen LogP contribution in [0.1, 0.15) is 55.5 Å². The summed E-state index contributed by atoms with van der Waals surface area (Å²) in [5.74, 6) is -1.56. The van der Waals surface area contributed by atoms with E-state index in [1.807, 2.05) is 19.1 Å². The van der Waals surface area contributed by atoms with Crippen molar-refractivity contribution in [3.8, 4) is 0 Å². The highest BCUT2D eigenvalue weighted by Crippen LogP contribution is 2.57. The van der Waals surface area contributed by atoms with Gasteiger partial charge in [0.25, 0.3) is 0 Å². The van der Waals surface area contributed by atoms with Crippen LogP contribution in [0, 0.1) is 11.3 Å². The molecular formula is C19H22O4. The van der Waals surface area contributed by atoms with Gasteiger partial charge in [0.2, 0.25) is 11.6 Å². The Labute approximate surface area is 136 Å². The third-order valence-corrected chi connectivity index (χ3v) is 5.83. The van der Waals surface area contributed by atoms with Crippen molar-refractivity contribution in [2.45, 2.75) is 44.9 Å². The molecular weight excluding hydrogens is 292 g/mol. The van der Waals surface area contributed by atoms with Gasteiger partial charge < -0.3 is 4.74 Å². The SMILES string of the molecule is COC(=O)C[C@]1(C)CCC[C@@]2(C)c3ccccc3C(=O)C(=O)[C@@H]12. The molecule has 23 heavy (non-hydrogen) atoms. The predicted molar refractivity (Wildman–Crippen MR) is 85.2 cm³/mol. The van der Waals surface area contributed by atoms with Gasteiger partial charge in [-0.3, -0.25) is 14.4 Å². The van der Waals surface area contributed by atoms with E-state index in [1.165, 1.54) is 7.11 Å². The van der Waals surface area contributed by atoms with Crippen LogP contribution < -0.4 is 0 Å². The summed E-state index contributed by atoms with van der Waals surface area (Å²) in [5, 5.41) is 0. The summed E-state index contributed by atoms with van der Waals surface area (Å²) < 4.78 is 4.83. The maximum absolute atomic E-state index is 12.9. The maximum atomic E-state index is 12.9. The normalized spacial score (nSPS) is 32.9. The number of benzene rings is 1. The van der Waals surface area contributed by atoms with Crippen molar-refractivity contribution in [3.05, 3.63) is 35.4 Å². The lowest BCUT2D eigenvalue weighted by Crippen LogP contribution is -2.56. The minimum absolute atomic E-state index is 0.172. The highest BCUT2D eigenvalue weighted by atomic mass is 16.5. The van der Waals surface area contributed by atoms with E-state index in [2.05, 4.69) is 6.92 Å². The van der Waals surface area contributed by atoms with E-state index < -0.39 is 22.5 Å². The molecule has 4 heteroatoms. The van der Waals surface area contributed by atoms with Crippen LogP contribution in [0.4, 0.5) is 0 Å². The van der Waals surface area contributed by atoms with Crippen LogP contribution >= 0.6 is 0 Å². The van der Waals surface area contributed by atoms with E-state index in [-0.39, 0.29) is 18.2 Å². The molecule has 1 aromatic rings. The van der Waals surface area contributed by atoms with E-state index in [9.17, 15) is 14.4 Å². The number of hydrogen-bond donors (Lipinski definition) is 0. The molecule has 2 aliphatic carbocycles. The Morgan fingerprint density at radius 1 is 1.22 bits per heavy atom. The number of ether oxygens (including phenoxy) is 1. The number of Topliss-reactive ketones (excluding diaryl/α,β-unsaturated/α-hetero) is 2. The van der Waals surface area contributed by atoms with Crippen molar-refractivity contribution >= 4 is 17.5 Å². The highest BCUT2D eigenvalue weighted by Gasteiger charge is 2.58. The molecule has 0 aliphatic heterocycles. The van der Waals surface area contributed by atoms with Gasteiger partial charge in [0.1, 0.15) is 0 Å². The maximum Gasteiger partial charge on any atom is 0.306 e. The number of esters is 1. The van der Waals surface area contributed by atoms with Crippen molar-refractivity contribution < 1.29 is 19.1 Å². The molecule has 0 spiro atoms. The second-order valence-electron chi connectivity index (χ2n) is 7.35. The molecule has 122 valence electrons. The molecule has 1 saturated carbocycles. The summed E-state index contributed by atoms with van der Waals surface area (Å²) in [6.45, 7) is 4.01. The molecule has 3 atom stereocenters. The van der Waals surface area contributed by atoms with Crippen LogP contribution in [-0.4, -0.2) is 24.6 Å². The van der Waals surface area contributed by atoms with Gasteiger partial charge in [-0.2, -0.15) is 0 Å². The second kappa shape index (κ2) is 5.29. The standard InChI is InChI=1S/C19H22O4/c1-18(11-14(20)23-3)9-6-10-19(2)13-8-5-4-7-12(13)15(21)16(22)17(18)19/h4-5,7-8,17H,6,9-11H2,1-3H3/t17-,18-,19-/m0/s1. The topological polar surface area (TPSA) is 60.4 Å². The molecule has 0 heterocycles. The average molecular weight is 314 g/mol. The van der Waals surface area contributed by atoms with Crippen LogP contribution in [0.15, 0.2) is 24.3 Å². The lowest BCUT2D eigenvalue weighted by molar-refractivity contribution is -0.147. The van der Waals surface area contributed by atoms with Crippen molar-refractivity contribution in [1.82, 2.24) is 0 Å². The summed E-state index contributed by atoms with van der Waals surface area (Å²) in [6, 6.07) is 7.40. The zero-order chi connectivity index (χ0) is 16.8. The summed E-state index contributed by atoms with van der Waals surface area (Å²) >= 11 is 0. The first-order valence-corrected chi connectivity index (χ1v) is 8.08. The van der Waals surface area contributed by atoms with E-state index in [4.69, 9.17) is 4.74 Å². The molecule has 2 aliphatic rings. The fraction of sp³-hybridized carbons (Fsp3) is 0.526. The molecule has 0 bridgehead atoms. The van der Waals surface area contributed by atoms with Crippen molar-refractivity contribution in [3.63, 3.8) is 0 Å². The Morgan fingerprint density at radius 2 is 1.91 bits per heavy atom. The number of rotatable bonds is 2. The summed E-state index contributed by atoms with van der Waals surface area (Å²) in [7, 11) is 1.36. The molecule has 1 fully saturated rings. The van der Waals surface area contributed by atoms with E-state index >= 15 is 0 Å². The van der Waals surface area contributed by atoms with Crippen LogP contribution in [0.5, 0.6) is 0 Å². The Morgan fingerprint density at radius 3 is 2.61 bits per heavy atom.